The molecule has 2 aromatic rings. The second-order valence-corrected chi connectivity index (χ2v) is 6.47. The van der Waals surface area contributed by atoms with E-state index in [0.717, 1.165) is 17.7 Å². The first-order chi connectivity index (χ1) is 13.4. The number of hydrogen-bond acceptors (Lipinski definition) is 5. The fourth-order valence-electron chi connectivity index (χ4n) is 2.82. The molecule has 1 N–H and O–H groups in total. The number of esters is 1. The first kappa shape index (κ1) is 21.3. The van der Waals surface area contributed by atoms with E-state index < -0.39 is 18.0 Å². The van der Waals surface area contributed by atoms with Crippen molar-refractivity contribution in [2.75, 3.05) is 19.5 Å². The molecular formula is C22H27NO5. The number of nitrogens with one attached hydrogen (secondary N) is 1. The third-order valence-electron chi connectivity index (χ3n) is 4.64. The fourth-order valence-corrected chi connectivity index (χ4v) is 2.82. The van der Waals surface area contributed by atoms with Crippen LogP contribution in [-0.4, -0.2) is 32.2 Å². The van der Waals surface area contributed by atoms with Crippen LogP contribution in [0.4, 0.5) is 5.69 Å². The van der Waals surface area contributed by atoms with Gasteiger partial charge in [-0.2, -0.15) is 0 Å². The SMILES string of the molecule is CC[C@@H](C)c1ccccc1NC(=O)[C@@H](C)OC(=O)c1cccc(OC)c1OC. The molecule has 2 aromatic carbocycles. The number of para-hydroxylation sites is 2. The van der Waals surface area contributed by atoms with Crippen LogP contribution in [0.5, 0.6) is 11.5 Å². The van der Waals surface area contributed by atoms with Crippen LogP contribution in [0.2, 0.25) is 0 Å². The molecule has 0 bridgehead atoms. The molecule has 28 heavy (non-hydrogen) atoms. The molecule has 150 valence electrons. The van der Waals surface area contributed by atoms with Crippen molar-refractivity contribution in [2.45, 2.75) is 39.2 Å². The Morgan fingerprint density at radius 1 is 1.00 bits per heavy atom. The average Bonchev–Trinajstić information content (AvgIpc) is 2.72. The summed E-state index contributed by atoms with van der Waals surface area (Å²) in [5, 5.41) is 2.86. The van der Waals surface area contributed by atoms with E-state index in [1.54, 1.807) is 18.2 Å². The van der Waals surface area contributed by atoms with Crippen molar-refractivity contribution in [3.8, 4) is 11.5 Å². The van der Waals surface area contributed by atoms with Gasteiger partial charge in [0.25, 0.3) is 5.91 Å². The molecule has 1 amide bonds. The lowest BCUT2D eigenvalue weighted by atomic mass is 9.97. The molecule has 0 spiro atoms. The van der Waals surface area contributed by atoms with Crippen LogP contribution < -0.4 is 14.8 Å². The average molecular weight is 385 g/mol. The van der Waals surface area contributed by atoms with Crippen LogP contribution in [0.25, 0.3) is 0 Å². The Labute approximate surface area is 165 Å². The normalized spacial score (nSPS) is 12.6. The van der Waals surface area contributed by atoms with Crippen LogP contribution >= 0.6 is 0 Å². The quantitative estimate of drug-likeness (QED) is 0.682. The maximum Gasteiger partial charge on any atom is 0.342 e. The Bertz CT molecular complexity index is 833. The van der Waals surface area contributed by atoms with Crippen LogP contribution in [0.1, 0.15) is 49.0 Å². The molecule has 0 radical (unpaired) electrons. The van der Waals surface area contributed by atoms with Gasteiger partial charge in [0.1, 0.15) is 5.56 Å². The van der Waals surface area contributed by atoms with Crippen molar-refractivity contribution in [1.82, 2.24) is 0 Å². The summed E-state index contributed by atoms with van der Waals surface area (Å²) >= 11 is 0. The molecule has 6 heteroatoms. The number of carbonyl (C=O) groups excluding carboxylic acids is 2. The zero-order valence-electron chi connectivity index (χ0n) is 16.9. The lowest BCUT2D eigenvalue weighted by Gasteiger charge is -2.18. The first-order valence-electron chi connectivity index (χ1n) is 9.24. The molecule has 0 saturated heterocycles. The highest BCUT2D eigenvalue weighted by Crippen LogP contribution is 2.31. The Balaban J connectivity index is 2.13. The number of anilines is 1. The number of methoxy groups -OCH3 is 2. The lowest BCUT2D eigenvalue weighted by molar-refractivity contribution is -0.123. The highest BCUT2D eigenvalue weighted by molar-refractivity contribution is 5.99. The molecule has 0 saturated carbocycles. The Hall–Kier alpha value is -3.02. The van der Waals surface area contributed by atoms with Gasteiger partial charge in [0.05, 0.1) is 14.2 Å². The van der Waals surface area contributed by atoms with Gasteiger partial charge in [-0.15, -0.1) is 0 Å². The van der Waals surface area contributed by atoms with E-state index in [0.29, 0.717) is 11.7 Å². The second kappa shape index (κ2) is 9.78. The maximum atomic E-state index is 12.6. The minimum absolute atomic E-state index is 0.196. The van der Waals surface area contributed by atoms with Crippen molar-refractivity contribution in [2.24, 2.45) is 0 Å². The van der Waals surface area contributed by atoms with Crippen molar-refractivity contribution in [1.29, 1.82) is 0 Å². The number of carbonyl (C=O) groups is 2. The highest BCUT2D eigenvalue weighted by Gasteiger charge is 2.24. The molecule has 0 fully saturated rings. The summed E-state index contributed by atoms with van der Waals surface area (Å²) in [7, 11) is 2.92. The Kier molecular flexibility index (Phi) is 7.44. The van der Waals surface area contributed by atoms with E-state index >= 15 is 0 Å². The largest absolute Gasteiger partial charge is 0.493 e. The summed E-state index contributed by atoms with van der Waals surface area (Å²) in [6, 6.07) is 12.5. The number of benzene rings is 2. The standard InChI is InChI=1S/C22H27NO5/c1-6-14(2)16-10-7-8-12-18(16)23-21(24)15(3)28-22(25)17-11-9-13-19(26-4)20(17)27-5/h7-15H,6H2,1-5H3,(H,23,24)/t14-,15-/m1/s1. The minimum Gasteiger partial charge on any atom is -0.493 e. The zero-order chi connectivity index (χ0) is 20.7. The van der Waals surface area contributed by atoms with E-state index in [-0.39, 0.29) is 11.3 Å². The fraction of sp³-hybridized carbons (Fsp3) is 0.364. The Morgan fingerprint density at radius 2 is 1.71 bits per heavy atom. The van der Waals surface area contributed by atoms with Crippen LogP contribution in [0, 0.1) is 0 Å². The van der Waals surface area contributed by atoms with Gasteiger partial charge < -0.3 is 19.5 Å². The van der Waals surface area contributed by atoms with Gasteiger partial charge in [0.15, 0.2) is 17.6 Å². The van der Waals surface area contributed by atoms with Crippen molar-refractivity contribution >= 4 is 17.6 Å². The van der Waals surface area contributed by atoms with Gasteiger partial charge in [-0.3, -0.25) is 4.79 Å². The summed E-state index contributed by atoms with van der Waals surface area (Å²) in [5.41, 5.74) is 1.97. The van der Waals surface area contributed by atoms with Gasteiger partial charge in [-0.1, -0.05) is 38.1 Å². The molecule has 2 rings (SSSR count). The summed E-state index contributed by atoms with van der Waals surface area (Å²) in [5.74, 6) is -0.0729. The van der Waals surface area contributed by atoms with Crippen molar-refractivity contribution in [3.05, 3.63) is 53.6 Å². The summed E-state index contributed by atoms with van der Waals surface area (Å²) in [6.07, 6.45) is -0.0269. The molecule has 0 aliphatic carbocycles. The lowest BCUT2D eigenvalue weighted by Crippen LogP contribution is -2.30. The van der Waals surface area contributed by atoms with Crippen LogP contribution in [0.15, 0.2) is 42.5 Å². The molecule has 0 aliphatic heterocycles. The topological polar surface area (TPSA) is 73.9 Å². The van der Waals surface area contributed by atoms with E-state index in [1.807, 2.05) is 24.3 Å². The zero-order valence-corrected chi connectivity index (χ0v) is 16.9. The highest BCUT2D eigenvalue weighted by atomic mass is 16.6. The monoisotopic (exact) mass is 385 g/mol. The second-order valence-electron chi connectivity index (χ2n) is 6.47. The predicted octanol–water partition coefficient (Wildman–Crippen LogP) is 4.40. The molecule has 6 nitrogen and oxygen atoms in total. The number of rotatable bonds is 8. The smallest absolute Gasteiger partial charge is 0.342 e. The van der Waals surface area contributed by atoms with Crippen LogP contribution in [-0.2, 0) is 9.53 Å². The predicted molar refractivity (Wildman–Crippen MR) is 108 cm³/mol. The number of amides is 1. The molecule has 0 aliphatic rings. The van der Waals surface area contributed by atoms with Crippen LogP contribution in [0.3, 0.4) is 0 Å². The maximum absolute atomic E-state index is 12.6. The van der Waals surface area contributed by atoms with E-state index in [2.05, 4.69) is 19.2 Å². The summed E-state index contributed by atoms with van der Waals surface area (Å²) in [6.45, 7) is 5.73. The number of hydrogen-bond donors (Lipinski definition) is 1. The van der Waals surface area contributed by atoms with E-state index in [9.17, 15) is 9.59 Å². The van der Waals surface area contributed by atoms with Gasteiger partial charge >= 0.3 is 5.97 Å². The minimum atomic E-state index is -0.978. The Morgan fingerprint density at radius 3 is 2.36 bits per heavy atom. The van der Waals surface area contributed by atoms with E-state index in [4.69, 9.17) is 14.2 Å². The van der Waals surface area contributed by atoms with Crippen molar-refractivity contribution < 1.29 is 23.8 Å². The molecule has 0 aromatic heterocycles. The van der Waals surface area contributed by atoms with Crippen molar-refractivity contribution in [3.63, 3.8) is 0 Å². The summed E-state index contributed by atoms with van der Waals surface area (Å²) in [4.78, 5) is 25.1. The summed E-state index contributed by atoms with van der Waals surface area (Å²) < 4.78 is 15.8. The molecule has 2 atom stereocenters. The van der Waals surface area contributed by atoms with Gasteiger partial charge in [0.2, 0.25) is 0 Å². The first-order valence-corrected chi connectivity index (χ1v) is 9.24. The van der Waals surface area contributed by atoms with Gasteiger partial charge in [0, 0.05) is 5.69 Å². The third kappa shape index (κ3) is 4.82. The van der Waals surface area contributed by atoms with E-state index in [1.165, 1.54) is 21.1 Å². The molecule has 0 heterocycles. The van der Waals surface area contributed by atoms with Gasteiger partial charge in [-0.05, 0) is 43.0 Å². The number of ether oxygens (including phenoxy) is 3. The third-order valence-corrected chi connectivity index (χ3v) is 4.64. The van der Waals surface area contributed by atoms with Gasteiger partial charge in [-0.25, -0.2) is 4.79 Å². The molecular weight excluding hydrogens is 358 g/mol. The molecule has 0 unspecified atom stereocenters.